The van der Waals surface area contributed by atoms with Crippen molar-refractivity contribution in [1.29, 1.82) is 0 Å². The molecule has 2 amide bonds. The lowest BCUT2D eigenvalue weighted by Gasteiger charge is -2.42. The lowest BCUT2D eigenvalue weighted by molar-refractivity contribution is -0.175. The molecule has 2 aliphatic rings. The van der Waals surface area contributed by atoms with E-state index in [4.69, 9.17) is 18.9 Å². The van der Waals surface area contributed by atoms with E-state index in [0.29, 0.717) is 50.3 Å². The van der Waals surface area contributed by atoms with E-state index in [2.05, 4.69) is 4.90 Å². The monoisotopic (exact) mass is 575 g/mol. The molecule has 0 bridgehead atoms. The second kappa shape index (κ2) is 14.3. The minimum absolute atomic E-state index is 0.0159. The number of hydrogen-bond acceptors (Lipinski definition) is 10. The van der Waals surface area contributed by atoms with Crippen LogP contribution in [0.4, 0.5) is 4.79 Å². The molecular formula is C29H41N3O9. The number of nitrogens with zero attached hydrogens (tertiary/aromatic N) is 3. The molecule has 2 heterocycles. The molecule has 1 aromatic rings. The summed E-state index contributed by atoms with van der Waals surface area (Å²) in [6.45, 7) is 10.7. The topological polar surface area (TPSA) is 132 Å². The molecule has 12 heteroatoms. The first kappa shape index (κ1) is 31.9. The van der Waals surface area contributed by atoms with Crippen LogP contribution < -0.4 is 4.74 Å². The Hall–Kier alpha value is -3.67. The molecule has 0 radical (unpaired) electrons. The minimum Gasteiger partial charge on any atom is -0.482 e. The van der Waals surface area contributed by atoms with E-state index in [-0.39, 0.29) is 44.0 Å². The van der Waals surface area contributed by atoms with Gasteiger partial charge in [0.05, 0.1) is 25.1 Å². The third-order valence-corrected chi connectivity index (χ3v) is 6.91. The van der Waals surface area contributed by atoms with Crippen LogP contribution in [0.5, 0.6) is 5.75 Å². The van der Waals surface area contributed by atoms with Crippen molar-refractivity contribution in [3.05, 3.63) is 29.8 Å². The number of Topliss-reactive ketones (excluding diaryl/α,β-unsaturated/α-hetero) is 1. The van der Waals surface area contributed by atoms with E-state index in [1.807, 2.05) is 0 Å². The van der Waals surface area contributed by atoms with Crippen molar-refractivity contribution >= 4 is 29.7 Å². The van der Waals surface area contributed by atoms with Crippen molar-refractivity contribution in [2.75, 3.05) is 52.5 Å². The van der Waals surface area contributed by atoms with Gasteiger partial charge in [0.15, 0.2) is 12.4 Å². The fraction of sp³-hybridized carbons (Fsp3) is 0.621. The van der Waals surface area contributed by atoms with Gasteiger partial charge < -0.3 is 28.7 Å². The number of esters is 2. The van der Waals surface area contributed by atoms with Crippen LogP contribution in [0.1, 0.15) is 57.8 Å². The number of amides is 2. The molecule has 1 unspecified atom stereocenters. The summed E-state index contributed by atoms with van der Waals surface area (Å²) in [5.41, 5.74) is -0.243. The number of carbonyl (C=O) groups excluding carboxylic acids is 5. The van der Waals surface area contributed by atoms with E-state index >= 15 is 0 Å². The molecular weight excluding hydrogens is 534 g/mol. The summed E-state index contributed by atoms with van der Waals surface area (Å²) in [4.78, 5) is 66.9. The molecule has 12 nitrogen and oxygen atoms in total. The summed E-state index contributed by atoms with van der Waals surface area (Å²) >= 11 is 0. The first-order valence-corrected chi connectivity index (χ1v) is 14.0. The normalized spacial score (nSPS) is 17.5. The third-order valence-electron chi connectivity index (χ3n) is 6.91. The molecule has 2 aliphatic heterocycles. The highest BCUT2D eigenvalue weighted by molar-refractivity contribution is 5.99. The van der Waals surface area contributed by atoms with Crippen molar-refractivity contribution in [2.24, 2.45) is 5.41 Å². The Morgan fingerprint density at radius 3 is 2.22 bits per heavy atom. The van der Waals surface area contributed by atoms with Crippen molar-refractivity contribution in [2.45, 2.75) is 59.8 Å². The standard InChI is InChI=1S/C29H41N3O9/c1-6-38-26(35)19-39-23-9-7-21(8-10-23)24(33)17-32-16-15-31(18-25(32)34)22-11-13-30(14-12-22)28(37)41-20(2)40-27(36)29(3,4)5/h7-10,20,22H,6,11-19H2,1-5H3. The molecule has 0 aromatic heterocycles. The number of hydrogen-bond donors (Lipinski definition) is 0. The first-order chi connectivity index (χ1) is 19.4. The van der Waals surface area contributed by atoms with Crippen molar-refractivity contribution in [3.8, 4) is 5.75 Å². The summed E-state index contributed by atoms with van der Waals surface area (Å²) in [6, 6.07) is 6.56. The van der Waals surface area contributed by atoms with Gasteiger partial charge >= 0.3 is 18.0 Å². The van der Waals surface area contributed by atoms with Crippen molar-refractivity contribution < 1.29 is 42.9 Å². The highest BCUT2D eigenvalue weighted by Gasteiger charge is 2.34. The minimum atomic E-state index is -0.983. The molecule has 0 saturated carbocycles. The summed E-state index contributed by atoms with van der Waals surface area (Å²) < 4.78 is 20.7. The lowest BCUT2D eigenvalue weighted by atomic mass is 9.97. The number of benzene rings is 1. The lowest BCUT2D eigenvalue weighted by Crippen LogP contribution is -2.56. The number of ketones is 1. The van der Waals surface area contributed by atoms with Gasteiger partial charge in [-0.25, -0.2) is 9.59 Å². The summed E-state index contributed by atoms with van der Waals surface area (Å²) in [6.07, 6.45) is -0.150. The Morgan fingerprint density at radius 1 is 0.976 bits per heavy atom. The zero-order valence-corrected chi connectivity index (χ0v) is 24.6. The smallest absolute Gasteiger partial charge is 0.412 e. The zero-order chi connectivity index (χ0) is 30.2. The number of piperazine rings is 1. The number of piperidine rings is 1. The molecule has 0 spiro atoms. The fourth-order valence-electron chi connectivity index (χ4n) is 4.53. The van der Waals surface area contributed by atoms with E-state index in [1.165, 1.54) is 6.92 Å². The van der Waals surface area contributed by atoms with Crippen LogP contribution in [0.15, 0.2) is 24.3 Å². The van der Waals surface area contributed by atoms with Gasteiger partial charge in [-0.15, -0.1) is 0 Å². The average molecular weight is 576 g/mol. The van der Waals surface area contributed by atoms with Gasteiger partial charge in [0.25, 0.3) is 0 Å². The van der Waals surface area contributed by atoms with Crippen LogP contribution in [0, 0.1) is 5.41 Å². The summed E-state index contributed by atoms with van der Waals surface area (Å²) in [5.74, 6) is -0.772. The van der Waals surface area contributed by atoms with Gasteiger partial charge in [-0.1, -0.05) is 0 Å². The Labute approximate surface area is 240 Å². The van der Waals surface area contributed by atoms with E-state index < -0.39 is 29.7 Å². The second-order valence-electron chi connectivity index (χ2n) is 11.2. The van der Waals surface area contributed by atoms with Crippen molar-refractivity contribution in [3.63, 3.8) is 0 Å². The molecule has 1 atom stereocenters. The Balaban J connectivity index is 1.40. The van der Waals surface area contributed by atoms with Gasteiger partial charge in [-0.3, -0.25) is 19.3 Å². The Morgan fingerprint density at radius 2 is 1.63 bits per heavy atom. The second-order valence-corrected chi connectivity index (χ2v) is 11.2. The maximum absolute atomic E-state index is 12.9. The Bertz CT molecular complexity index is 1090. The molecule has 2 fully saturated rings. The molecule has 2 saturated heterocycles. The van der Waals surface area contributed by atoms with Gasteiger partial charge in [0, 0.05) is 44.7 Å². The molecule has 226 valence electrons. The zero-order valence-electron chi connectivity index (χ0n) is 24.6. The first-order valence-electron chi connectivity index (χ1n) is 14.0. The van der Waals surface area contributed by atoms with Gasteiger partial charge in [-0.05, 0) is 64.8 Å². The van der Waals surface area contributed by atoms with E-state index in [9.17, 15) is 24.0 Å². The summed E-state index contributed by atoms with van der Waals surface area (Å²) in [5, 5.41) is 0. The largest absolute Gasteiger partial charge is 0.482 e. The number of rotatable bonds is 10. The molecule has 0 aliphatic carbocycles. The number of carbonyl (C=O) groups is 5. The molecule has 3 rings (SSSR count). The van der Waals surface area contributed by atoms with Crippen LogP contribution >= 0.6 is 0 Å². The van der Waals surface area contributed by atoms with E-state index in [0.717, 1.165) is 0 Å². The van der Waals surface area contributed by atoms with Gasteiger partial charge in [0.2, 0.25) is 12.2 Å². The highest BCUT2D eigenvalue weighted by atomic mass is 16.7. The Kier molecular flexibility index (Phi) is 11.1. The van der Waals surface area contributed by atoms with Crippen LogP contribution in [0.25, 0.3) is 0 Å². The number of likely N-dealkylation sites (tertiary alicyclic amines) is 1. The number of ether oxygens (including phenoxy) is 4. The van der Waals surface area contributed by atoms with Crippen molar-refractivity contribution in [1.82, 2.24) is 14.7 Å². The predicted molar refractivity (Wildman–Crippen MR) is 147 cm³/mol. The quantitative estimate of drug-likeness (QED) is 0.233. The van der Waals surface area contributed by atoms with Gasteiger partial charge in [-0.2, -0.15) is 0 Å². The predicted octanol–water partition coefficient (Wildman–Crippen LogP) is 2.49. The van der Waals surface area contributed by atoms with Crippen LogP contribution in [0.2, 0.25) is 0 Å². The van der Waals surface area contributed by atoms with Crippen LogP contribution in [0.3, 0.4) is 0 Å². The maximum atomic E-state index is 12.9. The highest BCUT2D eigenvalue weighted by Crippen LogP contribution is 2.21. The molecule has 1 aromatic carbocycles. The fourth-order valence-corrected chi connectivity index (χ4v) is 4.53. The van der Waals surface area contributed by atoms with Gasteiger partial charge in [0.1, 0.15) is 5.75 Å². The average Bonchev–Trinajstić information content (AvgIpc) is 2.93. The third kappa shape index (κ3) is 9.44. The SMILES string of the molecule is CCOC(=O)COc1ccc(C(=O)CN2CCN(C3CCN(C(=O)OC(C)OC(=O)C(C)(C)C)CC3)CC2=O)cc1. The van der Waals surface area contributed by atoms with Crippen LogP contribution in [-0.2, 0) is 28.6 Å². The van der Waals surface area contributed by atoms with Crippen LogP contribution in [-0.4, -0.2) is 109 Å². The van der Waals surface area contributed by atoms with E-state index in [1.54, 1.807) is 61.8 Å². The molecule has 0 N–H and O–H groups in total. The molecule has 41 heavy (non-hydrogen) atoms. The maximum Gasteiger partial charge on any atom is 0.412 e. The summed E-state index contributed by atoms with van der Waals surface area (Å²) in [7, 11) is 0.